The van der Waals surface area contributed by atoms with Crippen molar-refractivity contribution in [3.8, 4) is 17.2 Å². The number of carbonyl (C=O) groups excluding carboxylic acids is 2. The highest BCUT2D eigenvalue weighted by Crippen LogP contribution is 2.39. The van der Waals surface area contributed by atoms with Crippen molar-refractivity contribution < 1.29 is 23.8 Å². The van der Waals surface area contributed by atoms with Gasteiger partial charge in [-0.1, -0.05) is 37.1 Å². The Bertz CT molecular complexity index is 2010. The summed E-state index contributed by atoms with van der Waals surface area (Å²) < 4.78 is 18.5. The molecule has 3 aromatic rings. The molecule has 2 aromatic carbocycles. The molecular formula is C42H49N5O5S. The standard InChI is InChI=1S/C42H49N5O5S/c1-7-26-15-31-20-43-36-17-33(9-10-34(36)40(48)46(31)22-26)51-24-29-13-28(11-12-42(3,4)53-6)14-30(45-29)25-52-39-19-37-35(18-38(39)50-5)41(49)47-23-27(8-2)16-32(47)21-44-37/h7-10,13-14,17-19,21,31-32,43H,11-12,15-16,20,22-25H2,1-6H3/b26-7-,27-8+/t31-,32-/m0/s1. The highest BCUT2D eigenvalue weighted by Gasteiger charge is 2.36. The number of pyridine rings is 1. The maximum atomic E-state index is 13.6. The summed E-state index contributed by atoms with van der Waals surface area (Å²) in [6.07, 6.45) is 11.8. The van der Waals surface area contributed by atoms with Gasteiger partial charge >= 0.3 is 0 Å². The van der Waals surface area contributed by atoms with Crippen LogP contribution in [0.3, 0.4) is 0 Å². The number of fused-ring (bicyclic) bond motifs is 4. The normalized spacial score (nSPS) is 20.8. The van der Waals surface area contributed by atoms with Crippen molar-refractivity contribution >= 4 is 41.2 Å². The van der Waals surface area contributed by atoms with Gasteiger partial charge in [-0.25, -0.2) is 0 Å². The molecule has 2 saturated heterocycles. The molecule has 0 radical (unpaired) electrons. The van der Waals surface area contributed by atoms with Gasteiger partial charge in [-0.3, -0.25) is 19.6 Å². The van der Waals surface area contributed by atoms with Crippen LogP contribution < -0.4 is 19.5 Å². The number of amides is 2. The van der Waals surface area contributed by atoms with Gasteiger partial charge in [0.25, 0.3) is 11.8 Å². The third-order valence-corrected chi connectivity index (χ3v) is 12.2. The Kier molecular flexibility index (Phi) is 10.6. The lowest BCUT2D eigenvalue weighted by Crippen LogP contribution is -2.36. The lowest BCUT2D eigenvalue weighted by molar-refractivity contribution is 0.0750. The van der Waals surface area contributed by atoms with Gasteiger partial charge in [0.1, 0.15) is 19.0 Å². The number of nitrogens with one attached hydrogen (secondary N) is 1. The molecule has 1 N–H and O–H groups in total. The predicted molar refractivity (Wildman–Crippen MR) is 211 cm³/mol. The lowest BCUT2D eigenvalue weighted by Gasteiger charge is -2.22. The van der Waals surface area contributed by atoms with Gasteiger partial charge in [-0.05, 0) is 81.7 Å². The molecule has 5 heterocycles. The van der Waals surface area contributed by atoms with Crippen molar-refractivity contribution in [3.05, 3.63) is 93.8 Å². The number of hydrogen-bond donors (Lipinski definition) is 1. The van der Waals surface area contributed by atoms with Gasteiger partial charge in [0.15, 0.2) is 11.5 Å². The first-order valence-electron chi connectivity index (χ1n) is 18.4. The van der Waals surface area contributed by atoms with E-state index in [1.165, 1.54) is 11.1 Å². The van der Waals surface area contributed by atoms with Crippen LogP contribution in [0.4, 0.5) is 11.4 Å². The van der Waals surface area contributed by atoms with Gasteiger partial charge in [0.2, 0.25) is 0 Å². The number of aromatic nitrogens is 1. The number of nitrogens with zero attached hydrogens (tertiary/aromatic N) is 4. The molecule has 4 aliphatic rings. The second-order valence-electron chi connectivity index (χ2n) is 14.8. The van der Waals surface area contributed by atoms with Gasteiger partial charge < -0.3 is 29.3 Å². The number of allylic oxidation sites excluding steroid dienone is 2. The van der Waals surface area contributed by atoms with Crippen LogP contribution in [0, 0.1) is 0 Å². The molecule has 11 heteroatoms. The molecule has 2 amide bonds. The lowest BCUT2D eigenvalue weighted by atomic mass is 10.0. The fourth-order valence-corrected chi connectivity index (χ4v) is 7.72. The molecule has 2 atom stereocenters. The summed E-state index contributed by atoms with van der Waals surface area (Å²) in [6, 6.07) is 13.5. The molecule has 0 saturated carbocycles. The summed E-state index contributed by atoms with van der Waals surface area (Å²) in [5.74, 6) is 1.63. The largest absolute Gasteiger partial charge is 0.493 e. The van der Waals surface area contributed by atoms with Gasteiger partial charge in [0.05, 0.1) is 53.1 Å². The molecule has 7 rings (SSSR count). The first-order valence-corrected chi connectivity index (χ1v) is 19.6. The number of aryl methyl sites for hydroxylation is 1. The number of hydrogen-bond acceptors (Lipinski definition) is 9. The maximum absolute atomic E-state index is 13.6. The zero-order valence-electron chi connectivity index (χ0n) is 31.5. The Morgan fingerprint density at radius 2 is 1.62 bits per heavy atom. The van der Waals surface area contributed by atoms with E-state index in [9.17, 15) is 9.59 Å². The third-order valence-electron chi connectivity index (χ3n) is 10.9. The molecule has 0 spiro atoms. The van der Waals surface area contributed by atoms with Crippen LogP contribution in [0.2, 0.25) is 0 Å². The van der Waals surface area contributed by atoms with E-state index in [-0.39, 0.29) is 41.9 Å². The summed E-state index contributed by atoms with van der Waals surface area (Å²) in [6.45, 7) is 11.0. The van der Waals surface area contributed by atoms with Crippen molar-refractivity contribution in [1.29, 1.82) is 0 Å². The molecule has 0 aliphatic carbocycles. The zero-order valence-corrected chi connectivity index (χ0v) is 32.3. The average Bonchev–Trinajstić information content (AvgIpc) is 3.74. The topological polar surface area (TPSA) is 106 Å². The molecule has 2 fully saturated rings. The summed E-state index contributed by atoms with van der Waals surface area (Å²) in [7, 11) is 1.58. The number of aliphatic imine (C=N–C) groups is 1. The fourth-order valence-electron chi connectivity index (χ4n) is 7.41. The van der Waals surface area contributed by atoms with Gasteiger partial charge in [-0.15, -0.1) is 0 Å². The van der Waals surface area contributed by atoms with E-state index in [1.54, 1.807) is 19.2 Å². The fraction of sp³-hybridized carbons (Fsp3) is 0.429. The Hall–Kier alpha value is -4.77. The molecule has 4 aliphatic heterocycles. The van der Waals surface area contributed by atoms with Crippen molar-refractivity contribution in [3.63, 3.8) is 0 Å². The van der Waals surface area contributed by atoms with Gasteiger partial charge in [-0.2, -0.15) is 11.8 Å². The smallest absolute Gasteiger partial charge is 0.257 e. The number of methoxy groups -OCH3 is 1. The molecule has 53 heavy (non-hydrogen) atoms. The number of thioether (sulfide) groups is 1. The van der Waals surface area contributed by atoms with E-state index < -0.39 is 0 Å². The van der Waals surface area contributed by atoms with Crippen molar-refractivity contribution in [2.24, 2.45) is 4.99 Å². The SMILES string of the molecule is C/C=C1/C[C@H]2CNc3cc(OCc4cc(CCC(C)(C)SC)cc(COc5cc6c(cc5OC)C(=O)N5C/C(=C/C)C[C@H]5C=N6)n4)ccc3C(=O)N2C1. The van der Waals surface area contributed by atoms with Crippen LogP contribution >= 0.6 is 11.8 Å². The second-order valence-corrected chi connectivity index (χ2v) is 16.3. The van der Waals surface area contributed by atoms with Crippen LogP contribution in [-0.4, -0.2) is 82.6 Å². The summed E-state index contributed by atoms with van der Waals surface area (Å²) in [5.41, 5.74) is 7.76. The first kappa shape index (κ1) is 36.6. The quantitative estimate of drug-likeness (QED) is 0.199. The Morgan fingerprint density at radius 1 is 0.906 bits per heavy atom. The van der Waals surface area contributed by atoms with Crippen molar-refractivity contribution in [1.82, 2.24) is 14.8 Å². The van der Waals surface area contributed by atoms with Crippen LogP contribution in [0.15, 0.2) is 70.8 Å². The number of ether oxygens (including phenoxy) is 3. The zero-order chi connectivity index (χ0) is 37.3. The number of anilines is 1. The Balaban J connectivity index is 1.09. The van der Waals surface area contributed by atoms with Crippen LogP contribution in [-0.2, 0) is 19.6 Å². The Morgan fingerprint density at radius 3 is 2.36 bits per heavy atom. The van der Waals surface area contributed by atoms with E-state index in [2.05, 4.69) is 49.7 Å². The predicted octanol–water partition coefficient (Wildman–Crippen LogP) is 7.79. The molecule has 10 nitrogen and oxygen atoms in total. The minimum Gasteiger partial charge on any atom is -0.493 e. The van der Waals surface area contributed by atoms with E-state index in [0.717, 1.165) is 48.3 Å². The van der Waals surface area contributed by atoms with E-state index in [0.29, 0.717) is 53.7 Å². The van der Waals surface area contributed by atoms with Crippen LogP contribution in [0.1, 0.15) is 84.6 Å². The summed E-state index contributed by atoms with van der Waals surface area (Å²) in [4.78, 5) is 40.5. The summed E-state index contributed by atoms with van der Waals surface area (Å²) in [5, 5.41) is 3.50. The van der Waals surface area contributed by atoms with Crippen molar-refractivity contribution in [2.45, 2.75) is 83.4 Å². The number of carbonyl (C=O) groups is 2. The van der Waals surface area contributed by atoms with Crippen molar-refractivity contribution in [2.75, 3.05) is 38.3 Å². The maximum Gasteiger partial charge on any atom is 0.257 e. The molecule has 0 unspecified atom stereocenters. The average molecular weight is 736 g/mol. The highest BCUT2D eigenvalue weighted by molar-refractivity contribution is 7.99. The van der Waals surface area contributed by atoms with Crippen LogP contribution in [0.25, 0.3) is 0 Å². The monoisotopic (exact) mass is 735 g/mol. The van der Waals surface area contributed by atoms with E-state index in [4.69, 9.17) is 24.2 Å². The third kappa shape index (κ3) is 7.81. The minimum atomic E-state index is -0.0610. The Labute approximate surface area is 316 Å². The molecule has 278 valence electrons. The number of rotatable bonds is 11. The molecule has 1 aromatic heterocycles. The molecule has 0 bridgehead atoms. The highest BCUT2D eigenvalue weighted by atomic mass is 32.2. The van der Waals surface area contributed by atoms with Gasteiger partial charge in [0, 0.05) is 42.7 Å². The number of benzene rings is 2. The van der Waals surface area contributed by atoms with Crippen LogP contribution in [0.5, 0.6) is 17.2 Å². The molecular weight excluding hydrogens is 687 g/mol. The van der Waals surface area contributed by atoms with E-state index >= 15 is 0 Å². The first-order chi connectivity index (χ1) is 25.6. The summed E-state index contributed by atoms with van der Waals surface area (Å²) >= 11 is 1.86. The van der Waals surface area contributed by atoms with E-state index in [1.807, 2.05) is 59.8 Å². The second kappa shape index (κ2) is 15.3. The minimum absolute atomic E-state index is 0.0541.